The zero-order valence-electron chi connectivity index (χ0n) is 15.3. The van der Waals surface area contributed by atoms with Crippen LogP contribution in [-0.4, -0.2) is 34.2 Å². The molecule has 0 aromatic heterocycles. The Morgan fingerprint density at radius 3 is 2.67 bits per heavy atom. The Bertz CT molecular complexity index is 666. The predicted octanol–water partition coefficient (Wildman–Crippen LogP) is 5.02. The molecule has 1 aliphatic rings. The van der Waals surface area contributed by atoms with Gasteiger partial charge in [0, 0.05) is 11.4 Å². The fourth-order valence-electron chi connectivity index (χ4n) is 2.74. The zero-order valence-corrected chi connectivity index (χ0v) is 16.9. The monoisotopic (exact) mass is 412 g/mol. The van der Waals surface area contributed by atoms with Crippen LogP contribution in [0.25, 0.3) is 0 Å². The average molecular weight is 413 g/mol. The van der Waals surface area contributed by atoms with E-state index in [-0.39, 0.29) is 5.97 Å². The van der Waals surface area contributed by atoms with Crippen molar-refractivity contribution in [3.05, 3.63) is 34.9 Å². The minimum absolute atomic E-state index is 0.253. The molecule has 0 bridgehead atoms. The third-order valence-electron chi connectivity index (χ3n) is 4.12. The number of halogens is 1. The standard InChI is InChI=1S/C19H25ClN2O4S/c1-2-3-4-5-6-7-16(23)26-15-12-27-18(21-15)17(22-19(24)25)13-8-10-14(20)11-9-13/h8-11,15,17,22H,2-7,12H2,1H3,(H,24,25). The van der Waals surface area contributed by atoms with Crippen LogP contribution in [0.4, 0.5) is 4.79 Å². The van der Waals surface area contributed by atoms with Gasteiger partial charge in [-0.1, -0.05) is 56.3 Å². The molecule has 1 aromatic carbocycles. The molecule has 148 valence electrons. The van der Waals surface area contributed by atoms with Crippen LogP contribution in [-0.2, 0) is 9.53 Å². The molecule has 2 unspecified atom stereocenters. The smallest absolute Gasteiger partial charge is 0.405 e. The molecule has 27 heavy (non-hydrogen) atoms. The lowest BCUT2D eigenvalue weighted by molar-refractivity contribution is -0.147. The lowest BCUT2D eigenvalue weighted by Crippen LogP contribution is -2.31. The SMILES string of the molecule is CCCCCCCC(=O)OC1CSC(C(NC(=O)O)c2ccc(Cl)cc2)=N1. The highest BCUT2D eigenvalue weighted by atomic mass is 35.5. The maximum absolute atomic E-state index is 12.0. The Kier molecular flexibility index (Phi) is 8.94. The number of benzene rings is 1. The molecule has 0 spiro atoms. The molecule has 0 saturated carbocycles. The molecular formula is C19H25ClN2O4S. The number of hydrogen-bond acceptors (Lipinski definition) is 5. The number of thioether (sulfide) groups is 1. The van der Waals surface area contributed by atoms with E-state index in [9.17, 15) is 9.59 Å². The Balaban J connectivity index is 1.93. The van der Waals surface area contributed by atoms with E-state index >= 15 is 0 Å². The first-order valence-electron chi connectivity index (χ1n) is 9.14. The lowest BCUT2D eigenvalue weighted by atomic mass is 10.1. The van der Waals surface area contributed by atoms with Gasteiger partial charge in [-0.2, -0.15) is 0 Å². The molecule has 2 rings (SSSR count). The summed E-state index contributed by atoms with van der Waals surface area (Å²) in [6.45, 7) is 2.15. The van der Waals surface area contributed by atoms with Crippen LogP contribution in [0.3, 0.4) is 0 Å². The first kappa shape index (κ1) is 21.6. The average Bonchev–Trinajstić information content (AvgIpc) is 3.08. The highest BCUT2D eigenvalue weighted by molar-refractivity contribution is 8.14. The fraction of sp³-hybridized carbons (Fsp3) is 0.526. The van der Waals surface area contributed by atoms with Crippen LogP contribution in [0.15, 0.2) is 29.3 Å². The second-order valence-electron chi connectivity index (χ2n) is 6.32. The fourth-order valence-corrected chi connectivity index (χ4v) is 3.88. The van der Waals surface area contributed by atoms with Crippen molar-refractivity contribution in [2.45, 2.75) is 57.7 Å². The van der Waals surface area contributed by atoms with Crippen molar-refractivity contribution in [2.24, 2.45) is 4.99 Å². The van der Waals surface area contributed by atoms with Crippen molar-refractivity contribution < 1.29 is 19.4 Å². The molecule has 1 heterocycles. The normalized spacial score (nSPS) is 17.3. The minimum Gasteiger partial charge on any atom is -0.465 e. The molecule has 0 saturated heterocycles. The van der Waals surface area contributed by atoms with E-state index in [1.165, 1.54) is 24.6 Å². The second-order valence-corrected chi connectivity index (χ2v) is 7.80. The molecule has 6 nitrogen and oxygen atoms in total. The molecule has 0 aliphatic carbocycles. The predicted molar refractivity (Wildman–Crippen MR) is 109 cm³/mol. The van der Waals surface area contributed by atoms with Crippen LogP contribution < -0.4 is 5.32 Å². The third-order valence-corrected chi connectivity index (χ3v) is 5.46. The summed E-state index contributed by atoms with van der Waals surface area (Å²) in [5.41, 5.74) is 0.732. The number of aliphatic imine (C=N–C) groups is 1. The van der Waals surface area contributed by atoms with E-state index in [0.29, 0.717) is 22.2 Å². The summed E-state index contributed by atoms with van der Waals surface area (Å²) in [5, 5.41) is 12.8. The molecule has 0 radical (unpaired) electrons. The topological polar surface area (TPSA) is 88.0 Å². The van der Waals surface area contributed by atoms with Gasteiger partial charge in [-0.15, -0.1) is 11.8 Å². The Labute approximate surface area is 168 Å². The van der Waals surface area contributed by atoms with Crippen molar-refractivity contribution in [3.63, 3.8) is 0 Å². The molecule has 2 N–H and O–H groups in total. The maximum Gasteiger partial charge on any atom is 0.405 e. The van der Waals surface area contributed by atoms with Crippen molar-refractivity contribution >= 4 is 40.5 Å². The maximum atomic E-state index is 12.0. The lowest BCUT2D eigenvalue weighted by Gasteiger charge is -2.16. The number of carbonyl (C=O) groups excluding carboxylic acids is 1. The van der Waals surface area contributed by atoms with Gasteiger partial charge in [-0.25, -0.2) is 9.79 Å². The van der Waals surface area contributed by atoms with E-state index in [1.54, 1.807) is 24.3 Å². The van der Waals surface area contributed by atoms with Crippen molar-refractivity contribution in [1.29, 1.82) is 0 Å². The minimum atomic E-state index is -1.15. The van der Waals surface area contributed by atoms with Crippen molar-refractivity contribution in [1.82, 2.24) is 5.32 Å². The van der Waals surface area contributed by atoms with Gasteiger partial charge in [0.2, 0.25) is 6.23 Å². The van der Waals surface area contributed by atoms with Gasteiger partial charge >= 0.3 is 12.1 Å². The largest absolute Gasteiger partial charge is 0.465 e. The molecule has 8 heteroatoms. The summed E-state index contributed by atoms with van der Waals surface area (Å²) in [4.78, 5) is 27.6. The van der Waals surface area contributed by atoms with E-state index in [1.807, 2.05) is 0 Å². The molecule has 0 fully saturated rings. The van der Waals surface area contributed by atoms with Crippen LogP contribution in [0, 0.1) is 0 Å². The number of rotatable bonds is 10. The van der Waals surface area contributed by atoms with Gasteiger partial charge in [-0.3, -0.25) is 4.79 Å². The van der Waals surface area contributed by atoms with E-state index in [2.05, 4.69) is 17.2 Å². The van der Waals surface area contributed by atoms with E-state index < -0.39 is 18.4 Å². The number of unbranched alkanes of at least 4 members (excludes halogenated alkanes) is 4. The van der Waals surface area contributed by atoms with Crippen LogP contribution in [0.2, 0.25) is 5.02 Å². The van der Waals surface area contributed by atoms with Crippen molar-refractivity contribution in [2.75, 3.05) is 5.75 Å². The first-order chi connectivity index (χ1) is 13.0. The molecule has 1 aromatic rings. The summed E-state index contributed by atoms with van der Waals surface area (Å²) in [6, 6.07) is 6.29. The molecule has 2 atom stereocenters. The number of amides is 1. The number of hydrogen-bond donors (Lipinski definition) is 2. The quantitative estimate of drug-likeness (QED) is 0.416. The summed E-state index contributed by atoms with van der Waals surface area (Å²) in [6.07, 6.45) is 4.01. The highest BCUT2D eigenvalue weighted by Crippen LogP contribution is 2.29. The van der Waals surface area contributed by atoms with Crippen LogP contribution in [0.1, 0.15) is 57.1 Å². The third kappa shape index (κ3) is 7.42. The number of esters is 1. The number of ether oxygens (including phenoxy) is 1. The Morgan fingerprint density at radius 2 is 2.00 bits per heavy atom. The molecule has 1 aliphatic heterocycles. The first-order valence-corrected chi connectivity index (χ1v) is 10.5. The van der Waals surface area contributed by atoms with Gasteiger partial charge in [0.1, 0.15) is 6.04 Å². The summed E-state index contributed by atoms with van der Waals surface area (Å²) < 4.78 is 5.41. The second kappa shape index (κ2) is 11.2. The van der Waals surface area contributed by atoms with Gasteiger partial charge in [-0.05, 0) is 24.1 Å². The van der Waals surface area contributed by atoms with E-state index in [4.69, 9.17) is 21.4 Å². The summed E-state index contributed by atoms with van der Waals surface area (Å²) in [7, 11) is 0. The Hall–Kier alpha value is -1.73. The number of nitrogens with zero attached hydrogens (tertiary/aromatic N) is 1. The number of carboxylic acid groups (broad SMARTS) is 1. The summed E-state index contributed by atoms with van der Waals surface area (Å²) in [5.74, 6) is 0.235. The molecular weight excluding hydrogens is 388 g/mol. The summed E-state index contributed by atoms with van der Waals surface area (Å²) >= 11 is 7.29. The number of carbonyl (C=O) groups is 2. The van der Waals surface area contributed by atoms with Crippen LogP contribution in [0.5, 0.6) is 0 Å². The zero-order chi connectivity index (χ0) is 19.6. The molecule has 1 amide bonds. The van der Waals surface area contributed by atoms with Gasteiger partial charge < -0.3 is 15.2 Å². The van der Waals surface area contributed by atoms with Gasteiger partial charge in [0.25, 0.3) is 0 Å². The van der Waals surface area contributed by atoms with Crippen molar-refractivity contribution in [3.8, 4) is 0 Å². The van der Waals surface area contributed by atoms with E-state index in [0.717, 1.165) is 24.8 Å². The Morgan fingerprint density at radius 1 is 1.30 bits per heavy atom. The number of nitrogens with one attached hydrogen (secondary N) is 1. The van der Waals surface area contributed by atoms with Crippen LogP contribution >= 0.6 is 23.4 Å². The highest BCUT2D eigenvalue weighted by Gasteiger charge is 2.29. The van der Waals surface area contributed by atoms with Gasteiger partial charge in [0.15, 0.2) is 0 Å². The van der Waals surface area contributed by atoms with Gasteiger partial charge in [0.05, 0.1) is 10.8 Å².